The maximum absolute atomic E-state index is 13.2. The third-order valence-electron chi connectivity index (χ3n) is 2.78. The highest BCUT2D eigenvalue weighted by atomic mass is 19.1. The van der Waals surface area contributed by atoms with E-state index in [9.17, 15) is 9.18 Å². The molecule has 3 nitrogen and oxygen atoms in total. The second-order valence-electron chi connectivity index (χ2n) is 4.04. The third-order valence-corrected chi connectivity index (χ3v) is 2.78. The fourth-order valence-corrected chi connectivity index (χ4v) is 1.94. The predicted octanol–water partition coefficient (Wildman–Crippen LogP) is 2.90. The molecule has 0 saturated heterocycles. The Morgan fingerprint density at radius 2 is 1.94 bits per heavy atom. The van der Waals surface area contributed by atoms with Gasteiger partial charge in [-0.1, -0.05) is 24.3 Å². The number of hydrogen-bond acceptors (Lipinski definition) is 2. The molecule has 0 aromatic heterocycles. The van der Waals surface area contributed by atoms with Gasteiger partial charge in [0, 0.05) is 5.56 Å². The number of nitrogens with one attached hydrogen (secondary N) is 1. The van der Waals surface area contributed by atoms with E-state index in [0.717, 1.165) is 0 Å². The molecule has 18 heavy (non-hydrogen) atoms. The molecule has 1 unspecified atom stereocenters. The Morgan fingerprint density at radius 3 is 2.78 bits per heavy atom. The van der Waals surface area contributed by atoms with E-state index >= 15 is 0 Å². The smallest absolute Gasteiger partial charge is 0.270 e. The molecule has 1 aliphatic rings. The second kappa shape index (κ2) is 4.14. The van der Waals surface area contributed by atoms with Gasteiger partial charge in [0.25, 0.3) is 5.91 Å². The summed E-state index contributed by atoms with van der Waals surface area (Å²) in [5.74, 6) is -0.0894. The summed E-state index contributed by atoms with van der Waals surface area (Å²) in [4.78, 5) is 11.9. The summed E-state index contributed by atoms with van der Waals surface area (Å²) in [5, 5.41) is 2.74. The molecule has 0 aliphatic carbocycles. The highest BCUT2D eigenvalue weighted by molar-refractivity contribution is 5.98. The predicted molar refractivity (Wildman–Crippen MR) is 64.8 cm³/mol. The zero-order valence-electron chi connectivity index (χ0n) is 9.39. The summed E-state index contributed by atoms with van der Waals surface area (Å²) in [6.07, 6.45) is -0.810. The lowest BCUT2D eigenvalue weighted by Crippen LogP contribution is -2.30. The number of para-hydroxylation sites is 2. The quantitative estimate of drug-likeness (QED) is 0.836. The van der Waals surface area contributed by atoms with Crippen LogP contribution in [0.3, 0.4) is 0 Å². The minimum Gasteiger partial charge on any atom is -0.474 e. The Bertz CT molecular complexity index is 612. The average molecular weight is 243 g/mol. The average Bonchev–Trinajstić information content (AvgIpc) is 2.38. The molecular weight excluding hydrogens is 233 g/mol. The van der Waals surface area contributed by atoms with Gasteiger partial charge in [-0.3, -0.25) is 4.79 Å². The van der Waals surface area contributed by atoms with Crippen molar-refractivity contribution in [2.75, 3.05) is 5.32 Å². The molecule has 2 aromatic carbocycles. The Balaban J connectivity index is 1.98. The number of rotatable bonds is 1. The van der Waals surface area contributed by atoms with Crippen LogP contribution in [0.1, 0.15) is 11.7 Å². The van der Waals surface area contributed by atoms with Crippen LogP contribution in [0.5, 0.6) is 5.75 Å². The molecule has 0 saturated carbocycles. The van der Waals surface area contributed by atoms with Crippen molar-refractivity contribution in [1.82, 2.24) is 0 Å². The highest BCUT2D eigenvalue weighted by Crippen LogP contribution is 2.34. The number of hydrogen-bond donors (Lipinski definition) is 1. The normalized spacial score (nSPS) is 17.6. The molecule has 0 bridgehead atoms. The first-order valence-electron chi connectivity index (χ1n) is 5.56. The first-order chi connectivity index (χ1) is 8.74. The van der Waals surface area contributed by atoms with Crippen molar-refractivity contribution >= 4 is 11.6 Å². The number of amides is 1. The SMILES string of the molecule is O=C1Nc2ccccc2OC1c1cccc(F)c1. The maximum atomic E-state index is 13.2. The van der Waals surface area contributed by atoms with Gasteiger partial charge < -0.3 is 10.1 Å². The lowest BCUT2D eigenvalue weighted by atomic mass is 10.1. The summed E-state index contributed by atoms with van der Waals surface area (Å²) < 4.78 is 18.8. The van der Waals surface area contributed by atoms with E-state index in [2.05, 4.69) is 5.32 Å². The van der Waals surface area contributed by atoms with Crippen molar-refractivity contribution in [3.63, 3.8) is 0 Å². The van der Waals surface area contributed by atoms with Gasteiger partial charge in [-0.15, -0.1) is 0 Å². The summed E-state index contributed by atoms with van der Waals surface area (Å²) in [5.41, 5.74) is 1.14. The van der Waals surface area contributed by atoms with Crippen LogP contribution in [0.25, 0.3) is 0 Å². The third kappa shape index (κ3) is 1.82. The van der Waals surface area contributed by atoms with Crippen LogP contribution in [-0.4, -0.2) is 5.91 Å². The number of ether oxygens (including phenoxy) is 1. The van der Waals surface area contributed by atoms with E-state index in [-0.39, 0.29) is 11.7 Å². The molecule has 3 rings (SSSR count). The molecular formula is C14H10FNO2. The first-order valence-corrected chi connectivity index (χ1v) is 5.56. The van der Waals surface area contributed by atoms with E-state index in [0.29, 0.717) is 17.0 Å². The number of anilines is 1. The van der Waals surface area contributed by atoms with Crippen molar-refractivity contribution in [3.8, 4) is 5.75 Å². The fraction of sp³-hybridized carbons (Fsp3) is 0.0714. The molecule has 1 heterocycles. The van der Waals surface area contributed by atoms with Gasteiger partial charge in [-0.25, -0.2) is 4.39 Å². The molecule has 0 radical (unpaired) electrons. The Labute approximate surface area is 103 Å². The minimum absolute atomic E-state index is 0.292. The Morgan fingerprint density at radius 1 is 1.11 bits per heavy atom. The molecule has 1 N–H and O–H groups in total. The van der Waals surface area contributed by atoms with E-state index in [1.54, 1.807) is 24.3 Å². The molecule has 1 atom stereocenters. The van der Waals surface area contributed by atoms with Gasteiger partial charge in [-0.2, -0.15) is 0 Å². The molecule has 0 fully saturated rings. The molecule has 1 aliphatic heterocycles. The van der Waals surface area contributed by atoms with Gasteiger partial charge in [0.05, 0.1) is 5.69 Å². The lowest BCUT2D eigenvalue weighted by Gasteiger charge is -2.25. The van der Waals surface area contributed by atoms with Crippen molar-refractivity contribution in [2.24, 2.45) is 0 Å². The fourth-order valence-electron chi connectivity index (χ4n) is 1.94. The van der Waals surface area contributed by atoms with Gasteiger partial charge in [0.1, 0.15) is 11.6 Å². The molecule has 90 valence electrons. The highest BCUT2D eigenvalue weighted by Gasteiger charge is 2.28. The monoisotopic (exact) mass is 243 g/mol. The largest absolute Gasteiger partial charge is 0.474 e. The van der Waals surface area contributed by atoms with Crippen LogP contribution in [-0.2, 0) is 4.79 Å². The van der Waals surface area contributed by atoms with Crippen LogP contribution in [0, 0.1) is 5.82 Å². The van der Waals surface area contributed by atoms with Crippen LogP contribution in [0.4, 0.5) is 10.1 Å². The van der Waals surface area contributed by atoms with E-state index in [1.165, 1.54) is 12.1 Å². The molecule has 4 heteroatoms. The van der Waals surface area contributed by atoms with Crippen LogP contribution in [0.2, 0.25) is 0 Å². The standard InChI is InChI=1S/C14H10FNO2/c15-10-5-3-4-9(8-10)13-14(17)16-11-6-1-2-7-12(11)18-13/h1-8,13H,(H,16,17). The molecule has 2 aromatic rings. The van der Waals surface area contributed by atoms with Crippen LogP contribution in [0.15, 0.2) is 48.5 Å². The van der Waals surface area contributed by atoms with E-state index < -0.39 is 6.10 Å². The minimum atomic E-state index is -0.810. The van der Waals surface area contributed by atoms with E-state index in [4.69, 9.17) is 4.74 Å². The van der Waals surface area contributed by atoms with Gasteiger partial charge in [0.2, 0.25) is 6.10 Å². The van der Waals surface area contributed by atoms with Crippen molar-refractivity contribution in [3.05, 3.63) is 59.9 Å². The number of carbonyl (C=O) groups is 1. The van der Waals surface area contributed by atoms with Crippen molar-refractivity contribution in [2.45, 2.75) is 6.10 Å². The number of carbonyl (C=O) groups excluding carboxylic acids is 1. The number of benzene rings is 2. The van der Waals surface area contributed by atoms with Crippen LogP contribution >= 0.6 is 0 Å². The first kappa shape index (κ1) is 10.8. The van der Waals surface area contributed by atoms with Crippen LogP contribution < -0.4 is 10.1 Å². The number of halogens is 1. The van der Waals surface area contributed by atoms with Gasteiger partial charge in [-0.05, 0) is 24.3 Å². The summed E-state index contributed by atoms with van der Waals surface area (Å²) in [6.45, 7) is 0. The van der Waals surface area contributed by atoms with Crippen molar-refractivity contribution < 1.29 is 13.9 Å². The number of fused-ring (bicyclic) bond motifs is 1. The topological polar surface area (TPSA) is 38.3 Å². The molecule has 1 amide bonds. The summed E-state index contributed by atoms with van der Waals surface area (Å²) >= 11 is 0. The Kier molecular flexibility index (Phi) is 2.48. The van der Waals surface area contributed by atoms with E-state index in [1.807, 2.05) is 12.1 Å². The van der Waals surface area contributed by atoms with Crippen molar-refractivity contribution in [1.29, 1.82) is 0 Å². The zero-order valence-corrected chi connectivity index (χ0v) is 9.39. The second-order valence-corrected chi connectivity index (χ2v) is 4.04. The Hall–Kier alpha value is -2.36. The summed E-state index contributed by atoms with van der Waals surface area (Å²) in [6, 6.07) is 13.0. The van der Waals surface area contributed by atoms with Gasteiger partial charge >= 0.3 is 0 Å². The van der Waals surface area contributed by atoms with Gasteiger partial charge in [0.15, 0.2) is 0 Å². The maximum Gasteiger partial charge on any atom is 0.270 e. The zero-order chi connectivity index (χ0) is 12.5. The lowest BCUT2D eigenvalue weighted by molar-refractivity contribution is -0.123. The summed E-state index contributed by atoms with van der Waals surface area (Å²) in [7, 11) is 0. The molecule has 0 spiro atoms.